The SMILES string of the molecule is O=C(O)c1c([N+](=O)[O-])c(C(=O)O)c2cccc(C(=O)O)c2c1C(=O)O. The largest absolute Gasteiger partial charge is 0.478 e. The molecule has 0 spiro atoms. The molecule has 4 N–H and O–H groups in total. The van der Waals surface area contributed by atoms with Gasteiger partial charge in [0.1, 0.15) is 5.56 Å². The normalized spacial score (nSPS) is 10.4. The number of rotatable bonds is 5. The molecule has 2 rings (SSSR count). The zero-order valence-electron chi connectivity index (χ0n) is 11.9. The van der Waals surface area contributed by atoms with E-state index in [4.69, 9.17) is 0 Å². The maximum atomic E-state index is 11.5. The van der Waals surface area contributed by atoms with Crippen molar-refractivity contribution in [3.63, 3.8) is 0 Å². The third-order valence-electron chi connectivity index (χ3n) is 3.36. The number of benzene rings is 2. The van der Waals surface area contributed by atoms with Gasteiger partial charge in [0.05, 0.1) is 16.1 Å². The van der Waals surface area contributed by atoms with Crippen molar-refractivity contribution in [1.29, 1.82) is 0 Å². The molecule has 0 aliphatic rings. The van der Waals surface area contributed by atoms with Gasteiger partial charge in [0.25, 0.3) is 5.69 Å². The van der Waals surface area contributed by atoms with E-state index in [0.29, 0.717) is 0 Å². The van der Waals surface area contributed by atoms with Gasteiger partial charge in [-0.2, -0.15) is 0 Å². The Morgan fingerprint density at radius 2 is 1.32 bits per heavy atom. The summed E-state index contributed by atoms with van der Waals surface area (Å²) in [4.78, 5) is 55.8. The lowest BCUT2D eigenvalue weighted by molar-refractivity contribution is -0.385. The first-order valence-electron chi connectivity index (χ1n) is 6.29. The van der Waals surface area contributed by atoms with Gasteiger partial charge in [0.15, 0.2) is 5.56 Å². The molecule has 0 heterocycles. The molecule has 0 saturated carbocycles. The van der Waals surface area contributed by atoms with E-state index < -0.39 is 67.5 Å². The Labute approximate surface area is 136 Å². The van der Waals surface area contributed by atoms with E-state index in [0.717, 1.165) is 18.2 Å². The van der Waals surface area contributed by atoms with E-state index in [9.17, 15) is 49.7 Å². The summed E-state index contributed by atoms with van der Waals surface area (Å²) in [5.41, 5.74) is -5.82. The average Bonchev–Trinajstić information content (AvgIpc) is 2.50. The molecule has 0 aliphatic carbocycles. The first-order chi connectivity index (χ1) is 11.6. The van der Waals surface area contributed by atoms with Crippen LogP contribution in [0.25, 0.3) is 10.8 Å². The fourth-order valence-electron chi connectivity index (χ4n) is 2.53. The van der Waals surface area contributed by atoms with Crippen LogP contribution in [0.15, 0.2) is 18.2 Å². The standard InChI is InChI=1S/C14H7NO10/c16-11(17)5-3-1-2-4-6(5)8(13(20)21)9(14(22)23)10(15(24)25)7(4)12(18)19/h1-3H,(H,16,17)(H,18,19)(H,20,21)(H,22,23). The van der Waals surface area contributed by atoms with Crippen molar-refractivity contribution in [2.45, 2.75) is 0 Å². The monoisotopic (exact) mass is 349 g/mol. The van der Waals surface area contributed by atoms with Crippen molar-refractivity contribution in [1.82, 2.24) is 0 Å². The molecule has 25 heavy (non-hydrogen) atoms. The second-order valence-corrected chi connectivity index (χ2v) is 4.68. The van der Waals surface area contributed by atoms with Crippen LogP contribution in [0.3, 0.4) is 0 Å². The second-order valence-electron chi connectivity index (χ2n) is 4.68. The Kier molecular flexibility index (Phi) is 4.08. The maximum absolute atomic E-state index is 11.5. The van der Waals surface area contributed by atoms with Crippen molar-refractivity contribution in [2.24, 2.45) is 0 Å². The predicted octanol–water partition coefficient (Wildman–Crippen LogP) is 1.54. The van der Waals surface area contributed by atoms with Gasteiger partial charge in [-0.05, 0) is 6.07 Å². The molecular formula is C14H7NO10. The summed E-state index contributed by atoms with van der Waals surface area (Å²) in [6.45, 7) is 0. The smallest absolute Gasteiger partial charge is 0.343 e. The molecule has 0 atom stereocenters. The van der Waals surface area contributed by atoms with Gasteiger partial charge in [0, 0.05) is 10.8 Å². The highest BCUT2D eigenvalue weighted by Crippen LogP contribution is 2.37. The predicted molar refractivity (Wildman–Crippen MR) is 78.4 cm³/mol. The second kappa shape index (κ2) is 5.88. The Hall–Kier alpha value is -4.02. The molecule has 0 unspecified atom stereocenters. The molecule has 0 saturated heterocycles. The molecule has 0 fully saturated rings. The van der Waals surface area contributed by atoms with Crippen LogP contribution in [-0.4, -0.2) is 49.2 Å². The summed E-state index contributed by atoms with van der Waals surface area (Å²) in [6.07, 6.45) is 0. The van der Waals surface area contributed by atoms with Gasteiger partial charge < -0.3 is 20.4 Å². The van der Waals surface area contributed by atoms with Gasteiger partial charge in [-0.25, -0.2) is 19.2 Å². The van der Waals surface area contributed by atoms with Crippen molar-refractivity contribution in [2.75, 3.05) is 0 Å². The summed E-state index contributed by atoms with van der Waals surface area (Å²) >= 11 is 0. The molecule has 2 aromatic carbocycles. The minimum atomic E-state index is -2.08. The lowest BCUT2D eigenvalue weighted by Gasteiger charge is -2.13. The minimum Gasteiger partial charge on any atom is -0.478 e. The van der Waals surface area contributed by atoms with E-state index in [1.165, 1.54) is 0 Å². The summed E-state index contributed by atoms with van der Waals surface area (Å²) in [5, 5.41) is 47.0. The topological polar surface area (TPSA) is 192 Å². The Bertz CT molecular complexity index is 991. The number of nitro groups is 1. The summed E-state index contributed by atoms with van der Waals surface area (Å²) in [7, 11) is 0. The van der Waals surface area contributed by atoms with Crippen molar-refractivity contribution in [3.8, 4) is 0 Å². The molecule has 128 valence electrons. The maximum Gasteiger partial charge on any atom is 0.343 e. The minimum absolute atomic E-state index is 0.568. The first-order valence-corrected chi connectivity index (χ1v) is 6.29. The number of carbonyl (C=O) groups is 4. The lowest BCUT2D eigenvalue weighted by atomic mass is 9.89. The fourth-order valence-corrected chi connectivity index (χ4v) is 2.53. The molecular weight excluding hydrogens is 342 g/mol. The molecule has 0 radical (unpaired) electrons. The molecule has 0 aliphatic heterocycles. The van der Waals surface area contributed by atoms with Crippen LogP contribution in [0.4, 0.5) is 5.69 Å². The zero-order chi connectivity index (χ0) is 19.0. The third kappa shape index (κ3) is 2.59. The van der Waals surface area contributed by atoms with Crippen molar-refractivity contribution >= 4 is 40.3 Å². The molecule has 0 bridgehead atoms. The van der Waals surface area contributed by atoms with Gasteiger partial charge in [-0.1, -0.05) is 12.1 Å². The third-order valence-corrected chi connectivity index (χ3v) is 3.36. The van der Waals surface area contributed by atoms with E-state index in [1.807, 2.05) is 0 Å². The van der Waals surface area contributed by atoms with Crippen molar-refractivity contribution in [3.05, 3.63) is 50.6 Å². The van der Waals surface area contributed by atoms with Gasteiger partial charge in [0.2, 0.25) is 0 Å². The van der Waals surface area contributed by atoms with Gasteiger partial charge >= 0.3 is 23.9 Å². The number of hydrogen-bond donors (Lipinski definition) is 4. The van der Waals surface area contributed by atoms with Crippen LogP contribution < -0.4 is 0 Å². The fraction of sp³-hybridized carbons (Fsp3) is 0. The van der Waals surface area contributed by atoms with Crippen LogP contribution in [0.5, 0.6) is 0 Å². The number of nitrogens with zero attached hydrogens (tertiary/aromatic N) is 1. The number of nitro benzene ring substituents is 1. The van der Waals surface area contributed by atoms with E-state index >= 15 is 0 Å². The first kappa shape index (κ1) is 17.3. The summed E-state index contributed by atoms with van der Waals surface area (Å²) < 4.78 is 0. The highest BCUT2D eigenvalue weighted by molar-refractivity contribution is 6.24. The van der Waals surface area contributed by atoms with Gasteiger partial charge in [-0.15, -0.1) is 0 Å². The van der Waals surface area contributed by atoms with Crippen molar-refractivity contribution < 1.29 is 44.5 Å². The Morgan fingerprint density at radius 3 is 1.72 bits per heavy atom. The number of hydrogen-bond acceptors (Lipinski definition) is 6. The van der Waals surface area contributed by atoms with Crippen LogP contribution in [0, 0.1) is 10.1 Å². The zero-order valence-corrected chi connectivity index (χ0v) is 11.9. The summed E-state index contributed by atoms with van der Waals surface area (Å²) in [6, 6.07) is 2.96. The van der Waals surface area contributed by atoms with Crippen LogP contribution >= 0.6 is 0 Å². The van der Waals surface area contributed by atoms with E-state index in [-0.39, 0.29) is 0 Å². The molecule has 0 aromatic heterocycles. The quantitative estimate of drug-likeness (QED) is 0.454. The van der Waals surface area contributed by atoms with E-state index in [2.05, 4.69) is 0 Å². The number of carboxylic acids is 4. The van der Waals surface area contributed by atoms with Gasteiger partial charge in [-0.3, -0.25) is 10.1 Å². The van der Waals surface area contributed by atoms with E-state index in [1.54, 1.807) is 0 Å². The highest BCUT2D eigenvalue weighted by Gasteiger charge is 2.38. The number of aromatic carboxylic acids is 4. The highest BCUT2D eigenvalue weighted by atomic mass is 16.6. The lowest BCUT2D eigenvalue weighted by Crippen LogP contribution is -2.17. The van der Waals surface area contributed by atoms with Crippen LogP contribution in [0.1, 0.15) is 41.4 Å². The summed E-state index contributed by atoms with van der Waals surface area (Å²) in [5.74, 6) is -7.59. The molecule has 0 amide bonds. The Balaban J connectivity index is 3.38. The van der Waals surface area contributed by atoms with Crippen LogP contribution in [-0.2, 0) is 0 Å². The number of carboxylic acid groups (broad SMARTS) is 4. The average molecular weight is 349 g/mol. The molecule has 11 heteroatoms. The Morgan fingerprint density at radius 1 is 0.800 bits per heavy atom. The number of fused-ring (bicyclic) bond motifs is 1. The van der Waals surface area contributed by atoms with Crippen LogP contribution in [0.2, 0.25) is 0 Å². The molecule has 11 nitrogen and oxygen atoms in total. The molecule has 2 aromatic rings.